The number of thioether (sulfide) groups is 1. The van der Waals surface area contributed by atoms with Crippen molar-refractivity contribution in [3.05, 3.63) is 95.1 Å². The fourth-order valence-corrected chi connectivity index (χ4v) is 6.65. The van der Waals surface area contributed by atoms with Crippen molar-refractivity contribution in [1.82, 2.24) is 4.90 Å². The van der Waals surface area contributed by atoms with Crippen LogP contribution < -0.4 is 9.64 Å². The first-order valence-electron chi connectivity index (χ1n) is 11.4. The second-order valence-electron chi connectivity index (χ2n) is 9.52. The van der Waals surface area contributed by atoms with Gasteiger partial charge in [0.05, 0.1) is 19.3 Å². The van der Waals surface area contributed by atoms with Crippen molar-refractivity contribution in [3.63, 3.8) is 0 Å². The predicted molar refractivity (Wildman–Crippen MR) is 136 cm³/mol. The van der Waals surface area contributed by atoms with Gasteiger partial charge in [-0.05, 0) is 56.7 Å². The van der Waals surface area contributed by atoms with Gasteiger partial charge in [-0.1, -0.05) is 48.0 Å². The van der Waals surface area contributed by atoms with Crippen LogP contribution in [0.25, 0.3) is 0 Å². The van der Waals surface area contributed by atoms with E-state index in [-0.39, 0.29) is 16.6 Å². The zero-order valence-corrected chi connectivity index (χ0v) is 20.7. The maximum atomic E-state index is 14.3. The first-order chi connectivity index (χ1) is 16.2. The van der Waals surface area contributed by atoms with Gasteiger partial charge in [-0.3, -0.25) is 9.59 Å². The lowest BCUT2D eigenvalue weighted by molar-refractivity contribution is -0.123. The van der Waals surface area contributed by atoms with Gasteiger partial charge in [0.15, 0.2) is 4.87 Å². The summed E-state index contributed by atoms with van der Waals surface area (Å²) < 4.78 is 4.97. The van der Waals surface area contributed by atoms with E-state index in [0.29, 0.717) is 24.4 Å². The summed E-state index contributed by atoms with van der Waals surface area (Å²) >= 11 is 1.58. The first-order valence-corrected chi connectivity index (χ1v) is 12.2. The van der Waals surface area contributed by atoms with E-state index in [2.05, 4.69) is 19.9 Å². The molecule has 0 aliphatic carbocycles. The van der Waals surface area contributed by atoms with Crippen LogP contribution in [-0.4, -0.2) is 35.1 Å². The van der Waals surface area contributed by atoms with E-state index in [4.69, 9.17) is 4.74 Å². The van der Waals surface area contributed by atoms with Gasteiger partial charge in [-0.25, -0.2) is 0 Å². The van der Waals surface area contributed by atoms with Gasteiger partial charge >= 0.3 is 0 Å². The lowest BCUT2D eigenvalue weighted by Gasteiger charge is -2.33. The number of hydrogen-bond acceptors (Lipinski definition) is 4. The fourth-order valence-electron chi connectivity index (χ4n) is 4.93. The minimum atomic E-state index is -1.10. The summed E-state index contributed by atoms with van der Waals surface area (Å²) in [6, 6.07) is 23.2. The van der Waals surface area contributed by atoms with Crippen molar-refractivity contribution in [1.29, 1.82) is 0 Å². The number of hydrogen-bond donors (Lipinski definition) is 0. The third kappa shape index (κ3) is 3.57. The van der Waals surface area contributed by atoms with Crippen molar-refractivity contribution < 1.29 is 14.3 Å². The molecular weight excluding hydrogens is 444 g/mol. The Morgan fingerprint density at radius 1 is 1.03 bits per heavy atom. The second-order valence-corrected chi connectivity index (χ2v) is 11.4. The number of nitrogens with zero attached hydrogens (tertiary/aromatic N) is 2. The van der Waals surface area contributed by atoms with Crippen molar-refractivity contribution in [2.45, 2.75) is 36.9 Å². The molecule has 1 spiro atoms. The number of fused-ring (bicyclic) bond motifs is 2. The summed E-state index contributed by atoms with van der Waals surface area (Å²) in [5.74, 6) is 0.479. The van der Waals surface area contributed by atoms with Crippen molar-refractivity contribution in [2.75, 3.05) is 18.6 Å². The zero-order chi connectivity index (χ0) is 24.1. The smallest absolute Gasteiger partial charge is 0.268 e. The van der Waals surface area contributed by atoms with E-state index >= 15 is 0 Å². The number of benzene rings is 3. The topological polar surface area (TPSA) is 49.9 Å². The number of methoxy groups -OCH3 is 1. The second kappa shape index (κ2) is 8.20. The summed E-state index contributed by atoms with van der Waals surface area (Å²) in [7, 11) is 1.60. The molecule has 0 aromatic heterocycles. The molecule has 0 saturated carbocycles. The molecule has 2 aliphatic rings. The van der Waals surface area contributed by atoms with E-state index in [1.165, 1.54) is 0 Å². The molecule has 5 nitrogen and oxygen atoms in total. The summed E-state index contributed by atoms with van der Waals surface area (Å²) in [5, 5.41) is 0. The van der Waals surface area contributed by atoms with Gasteiger partial charge < -0.3 is 14.5 Å². The lowest BCUT2D eigenvalue weighted by atomic mass is 10.0. The number of anilines is 1. The number of carbonyl (C=O) groups is 2. The predicted octanol–water partition coefficient (Wildman–Crippen LogP) is 5.37. The Morgan fingerprint density at radius 3 is 2.41 bits per heavy atom. The van der Waals surface area contributed by atoms with Gasteiger partial charge in [0.2, 0.25) is 0 Å². The molecule has 1 atom stereocenters. The van der Waals surface area contributed by atoms with Crippen molar-refractivity contribution >= 4 is 29.3 Å². The van der Waals surface area contributed by atoms with Crippen LogP contribution in [0.15, 0.2) is 72.8 Å². The summed E-state index contributed by atoms with van der Waals surface area (Å²) in [6.07, 6.45) is 0. The fraction of sp³-hybridized carbons (Fsp3) is 0.286. The number of amides is 2. The molecule has 6 heteroatoms. The molecular formula is C28H28N2O3S. The van der Waals surface area contributed by atoms with Crippen molar-refractivity contribution in [3.8, 4) is 5.75 Å². The maximum absolute atomic E-state index is 14.3. The van der Waals surface area contributed by atoms with Gasteiger partial charge in [0, 0.05) is 22.4 Å². The highest BCUT2D eigenvalue weighted by molar-refractivity contribution is 8.02. The average Bonchev–Trinajstić information content (AvgIpc) is 3.25. The van der Waals surface area contributed by atoms with Gasteiger partial charge in [-0.2, -0.15) is 0 Å². The molecule has 1 saturated heterocycles. The average molecular weight is 473 g/mol. The normalized spacial score (nSPS) is 20.6. The summed E-state index contributed by atoms with van der Waals surface area (Å²) in [6.45, 7) is 7.16. The molecule has 0 N–H and O–H groups in total. The minimum absolute atomic E-state index is 0.0608. The van der Waals surface area contributed by atoms with E-state index in [0.717, 1.165) is 22.4 Å². The van der Waals surface area contributed by atoms with Crippen LogP contribution in [0.5, 0.6) is 5.75 Å². The maximum Gasteiger partial charge on any atom is 0.268 e. The standard InChI is InChI=1S/C28H28N2O3S/c1-19-10-15-24-23(16-19)28(26(32)29(24)17-20-8-6-5-7-9-20)30(18-27(2,3)34-28)25(31)21-11-13-22(33-4)14-12-21/h5-16H,17-18H2,1-4H3/t28-/m0/s1. The number of carbonyl (C=O) groups excluding carboxylic acids is 2. The highest BCUT2D eigenvalue weighted by Crippen LogP contribution is 2.60. The Morgan fingerprint density at radius 2 is 1.74 bits per heavy atom. The quantitative estimate of drug-likeness (QED) is 0.512. The van der Waals surface area contributed by atoms with Crippen LogP contribution in [-0.2, 0) is 16.2 Å². The molecule has 3 aromatic rings. The number of aryl methyl sites for hydroxylation is 1. The van der Waals surface area contributed by atoms with Gasteiger partial charge in [-0.15, -0.1) is 11.8 Å². The molecule has 2 heterocycles. The summed E-state index contributed by atoms with van der Waals surface area (Å²) in [5.41, 5.74) is 4.43. The largest absolute Gasteiger partial charge is 0.497 e. The number of ether oxygens (including phenoxy) is 1. The monoisotopic (exact) mass is 472 g/mol. The summed E-state index contributed by atoms with van der Waals surface area (Å²) in [4.78, 5) is 30.8. The van der Waals surface area contributed by atoms with Crippen molar-refractivity contribution in [2.24, 2.45) is 0 Å². The van der Waals surface area contributed by atoms with Crippen LogP contribution in [0.2, 0.25) is 0 Å². The molecule has 5 rings (SSSR count). The lowest BCUT2D eigenvalue weighted by Crippen LogP contribution is -2.50. The third-order valence-corrected chi connectivity index (χ3v) is 8.04. The zero-order valence-electron chi connectivity index (χ0n) is 19.9. The van der Waals surface area contributed by atoms with Crippen LogP contribution in [0, 0.1) is 6.92 Å². The molecule has 0 radical (unpaired) electrons. The minimum Gasteiger partial charge on any atom is -0.497 e. The van der Waals surface area contributed by atoms with E-state index in [1.54, 1.807) is 48.0 Å². The highest BCUT2D eigenvalue weighted by atomic mass is 32.2. The Hall–Kier alpha value is -3.25. The molecule has 0 unspecified atom stereocenters. The van der Waals surface area contributed by atoms with Gasteiger partial charge in [0.25, 0.3) is 11.8 Å². The molecule has 3 aromatic carbocycles. The Balaban J connectivity index is 1.63. The third-order valence-electron chi connectivity index (χ3n) is 6.45. The molecule has 174 valence electrons. The number of rotatable bonds is 4. The van der Waals surface area contributed by atoms with Crippen LogP contribution >= 0.6 is 11.8 Å². The van der Waals surface area contributed by atoms with Crippen LogP contribution in [0.1, 0.15) is 40.9 Å². The molecule has 34 heavy (non-hydrogen) atoms. The Labute approximate surface area is 204 Å². The first kappa shape index (κ1) is 22.5. The molecule has 1 fully saturated rings. The van der Waals surface area contributed by atoms with E-state index in [1.807, 2.05) is 54.3 Å². The molecule has 2 aliphatic heterocycles. The Kier molecular flexibility index (Phi) is 5.44. The van der Waals surface area contributed by atoms with E-state index in [9.17, 15) is 9.59 Å². The Bertz CT molecular complexity index is 1260. The molecule has 0 bridgehead atoms. The SMILES string of the molecule is COc1ccc(C(=O)N2CC(C)(C)S[C@@]23C(=O)N(Cc2ccccc2)c2ccc(C)cc23)cc1. The van der Waals surface area contributed by atoms with Gasteiger partial charge in [0.1, 0.15) is 5.75 Å². The van der Waals surface area contributed by atoms with Crippen LogP contribution in [0.4, 0.5) is 5.69 Å². The van der Waals surface area contributed by atoms with Crippen LogP contribution in [0.3, 0.4) is 0 Å². The van der Waals surface area contributed by atoms with E-state index < -0.39 is 4.87 Å². The molecule has 2 amide bonds. The highest BCUT2D eigenvalue weighted by Gasteiger charge is 2.63.